The van der Waals surface area contributed by atoms with Gasteiger partial charge < -0.3 is 5.73 Å². The van der Waals surface area contributed by atoms with Gasteiger partial charge in [-0.3, -0.25) is 0 Å². The largest absolute Gasteiger partial charge is 0.355 e. The van der Waals surface area contributed by atoms with E-state index in [1.807, 2.05) is 0 Å². The Balaban J connectivity index is 1.91. The topological polar surface area (TPSA) is 27.6 Å². The Labute approximate surface area is 68.3 Å². The Kier molecular flexibility index (Phi) is 1.18. The molecule has 4 saturated carbocycles. The summed E-state index contributed by atoms with van der Waals surface area (Å²) >= 11 is 0. The molecule has 4 aliphatic rings. The second-order valence-electron chi connectivity index (χ2n) is 5.09. The molecule has 0 atom stereocenters. The van der Waals surface area contributed by atoms with Crippen molar-refractivity contribution >= 4 is 0 Å². The van der Waals surface area contributed by atoms with Gasteiger partial charge in [-0.05, 0) is 43.9 Å². The summed E-state index contributed by atoms with van der Waals surface area (Å²) in [4.78, 5) is 0. The molecular weight excluding hydrogens is 134 g/mol. The molecular formula is C10H18N+. The minimum absolute atomic E-state index is 0.836. The summed E-state index contributed by atoms with van der Waals surface area (Å²) in [6, 6.07) is 0.836. The van der Waals surface area contributed by atoms with Crippen LogP contribution in [0.1, 0.15) is 32.1 Å². The molecule has 0 amide bonds. The van der Waals surface area contributed by atoms with Crippen LogP contribution in [0, 0.1) is 23.7 Å². The maximum Gasteiger partial charge on any atom is 0.0900 e. The van der Waals surface area contributed by atoms with Gasteiger partial charge >= 0.3 is 0 Å². The maximum atomic E-state index is 4.34. The van der Waals surface area contributed by atoms with Crippen LogP contribution in [0.25, 0.3) is 0 Å². The Hall–Kier alpha value is -0.0400. The smallest absolute Gasteiger partial charge is 0.0900 e. The standard InChI is InChI=1S/C10H17N/c11-10-8-2-6-1-7(4-8)5-9(10)3-6/h6-10H,1-5,11H2/p+1. The number of hydrogen-bond donors (Lipinski definition) is 1. The van der Waals surface area contributed by atoms with Gasteiger partial charge in [-0.2, -0.15) is 0 Å². The quantitative estimate of drug-likeness (QED) is 0.537. The molecule has 1 heteroatoms. The lowest BCUT2D eigenvalue weighted by molar-refractivity contribution is -0.463. The predicted octanol–water partition coefficient (Wildman–Crippen LogP) is 1.05. The van der Waals surface area contributed by atoms with Gasteiger partial charge in [-0.1, -0.05) is 0 Å². The highest BCUT2D eigenvalue weighted by Crippen LogP contribution is 2.52. The van der Waals surface area contributed by atoms with E-state index >= 15 is 0 Å². The first-order chi connectivity index (χ1) is 5.33. The second kappa shape index (κ2) is 2.01. The van der Waals surface area contributed by atoms with Crippen LogP contribution >= 0.6 is 0 Å². The van der Waals surface area contributed by atoms with E-state index in [4.69, 9.17) is 0 Å². The van der Waals surface area contributed by atoms with Crippen molar-refractivity contribution in [1.29, 1.82) is 0 Å². The molecule has 4 aliphatic carbocycles. The first-order valence-electron chi connectivity index (χ1n) is 5.16. The average molecular weight is 152 g/mol. The molecule has 0 aromatic rings. The Morgan fingerprint density at radius 1 is 0.727 bits per heavy atom. The molecule has 4 fully saturated rings. The zero-order valence-corrected chi connectivity index (χ0v) is 7.13. The first-order valence-corrected chi connectivity index (χ1v) is 5.16. The van der Waals surface area contributed by atoms with Crippen molar-refractivity contribution in [2.45, 2.75) is 38.1 Å². The lowest BCUT2D eigenvalue weighted by atomic mass is 9.54. The van der Waals surface area contributed by atoms with E-state index in [-0.39, 0.29) is 0 Å². The third-order valence-electron chi connectivity index (χ3n) is 4.42. The van der Waals surface area contributed by atoms with E-state index in [1.54, 1.807) is 6.42 Å². The number of hydrogen-bond acceptors (Lipinski definition) is 0. The molecule has 0 radical (unpaired) electrons. The summed E-state index contributed by atoms with van der Waals surface area (Å²) in [5.74, 6) is 4.31. The third-order valence-corrected chi connectivity index (χ3v) is 4.42. The lowest BCUT2D eigenvalue weighted by Gasteiger charge is -2.51. The number of rotatable bonds is 0. The molecule has 62 valence electrons. The van der Waals surface area contributed by atoms with Crippen LogP contribution in [0.3, 0.4) is 0 Å². The van der Waals surface area contributed by atoms with Gasteiger partial charge in [0.15, 0.2) is 0 Å². The van der Waals surface area contributed by atoms with Gasteiger partial charge in [0.25, 0.3) is 0 Å². The van der Waals surface area contributed by atoms with Crippen molar-refractivity contribution in [3.63, 3.8) is 0 Å². The van der Waals surface area contributed by atoms with Gasteiger partial charge in [0.2, 0.25) is 0 Å². The summed E-state index contributed by atoms with van der Waals surface area (Å²) in [5, 5.41) is 0. The molecule has 4 bridgehead atoms. The van der Waals surface area contributed by atoms with Gasteiger partial charge in [0, 0.05) is 11.8 Å². The van der Waals surface area contributed by atoms with E-state index in [2.05, 4.69) is 5.73 Å². The maximum absolute atomic E-state index is 4.34. The SMILES string of the molecule is [NH3+]C1C2CC3CC(C2)CC1C3. The lowest BCUT2D eigenvalue weighted by Crippen LogP contribution is -2.72. The summed E-state index contributed by atoms with van der Waals surface area (Å²) in [6.45, 7) is 0. The first kappa shape index (κ1) is 6.47. The van der Waals surface area contributed by atoms with Crippen LogP contribution < -0.4 is 5.73 Å². The molecule has 0 aliphatic heterocycles. The van der Waals surface area contributed by atoms with Crippen LogP contribution in [-0.2, 0) is 0 Å². The van der Waals surface area contributed by atoms with Gasteiger partial charge in [0.05, 0.1) is 6.04 Å². The van der Waals surface area contributed by atoms with Gasteiger partial charge in [-0.25, -0.2) is 0 Å². The van der Waals surface area contributed by atoms with Crippen LogP contribution in [0.5, 0.6) is 0 Å². The molecule has 0 spiro atoms. The van der Waals surface area contributed by atoms with E-state index in [9.17, 15) is 0 Å². The van der Waals surface area contributed by atoms with Crippen LogP contribution in [-0.4, -0.2) is 6.04 Å². The van der Waals surface area contributed by atoms with E-state index in [0.717, 1.165) is 29.7 Å². The number of quaternary nitrogens is 1. The second-order valence-corrected chi connectivity index (χ2v) is 5.09. The molecule has 0 saturated heterocycles. The predicted molar refractivity (Wildman–Crippen MR) is 43.7 cm³/mol. The highest BCUT2D eigenvalue weighted by atomic mass is 14.7. The monoisotopic (exact) mass is 152 g/mol. The van der Waals surface area contributed by atoms with E-state index in [0.29, 0.717) is 0 Å². The van der Waals surface area contributed by atoms with Crippen molar-refractivity contribution < 1.29 is 5.73 Å². The average Bonchev–Trinajstić information content (AvgIpc) is 1.98. The molecule has 0 aromatic carbocycles. The zero-order chi connectivity index (χ0) is 7.42. The summed E-state index contributed by atoms with van der Waals surface area (Å²) < 4.78 is 0. The Morgan fingerprint density at radius 2 is 1.18 bits per heavy atom. The van der Waals surface area contributed by atoms with Crippen molar-refractivity contribution in [3.8, 4) is 0 Å². The molecule has 0 aromatic heterocycles. The fourth-order valence-corrected chi connectivity index (χ4v) is 4.04. The summed E-state index contributed by atoms with van der Waals surface area (Å²) in [7, 11) is 0. The van der Waals surface area contributed by atoms with Crippen molar-refractivity contribution in [1.82, 2.24) is 0 Å². The molecule has 4 rings (SSSR count). The summed E-state index contributed by atoms with van der Waals surface area (Å²) in [5.41, 5.74) is 4.34. The highest BCUT2D eigenvalue weighted by molar-refractivity contribution is 4.97. The zero-order valence-electron chi connectivity index (χ0n) is 7.13. The van der Waals surface area contributed by atoms with Gasteiger partial charge in [-0.15, -0.1) is 0 Å². The van der Waals surface area contributed by atoms with Crippen molar-refractivity contribution in [2.24, 2.45) is 23.7 Å². The highest BCUT2D eigenvalue weighted by Gasteiger charge is 2.48. The van der Waals surface area contributed by atoms with Gasteiger partial charge in [0.1, 0.15) is 0 Å². The molecule has 1 nitrogen and oxygen atoms in total. The van der Waals surface area contributed by atoms with Crippen molar-refractivity contribution in [3.05, 3.63) is 0 Å². The van der Waals surface area contributed by atoms with E-state index < -0.39 is 0 Å². The van der Waals surface area contributed by atoms with Crippen LogP contribution in [0.2, 0.25) is 0 Å². The van der Waals surface area contributed by atoms with Crippen LogP contribution in [0.15, 0.2) is 0 Å². The fourth-order valence-electron chi connectivity index (χ4n) is 4.04. The van der Waals surface area contributed by atoms with E-state index in [1.165, 1.54) is 25.7 Å². The molecule has 0 unspecified atom stereocenters. The fraction of sp³-hybridized carbons (Fsp3) is 1.00. The molecule has 11 heavy (non-hydrogen) atoms. The Bertz CT molecular complexity index is 148. The van der Waals surface area contributed by atoms with Crippen molar-refractivity contribution in [2.75, 3.05) is 0 Å². The van der Waals surface area contributed by atoms with Crippen LogP contribution in [0.4, 0.5) is 0 Å². The molecule has 3 N–H and O–H groups in total. The minimum Gasteiger partial charge on any atom is -0.355 e. The normalized spacial score (nSPS) is 60.3. The third kappa shape index (κ3) is 0.807. The summed E-state index contributed by atoms with van der Waals surface area (Å²) in [6.07, 6.45) is 7.68. The minimum atomic E-state index is 0.836. The Morgan fingerprint density at radius 3 is 1.64 bits per heavy atom. The molecule has 0 heterocycles.